The number of rotatable bonds is 14. The minimum absolute atomic E-state index is 0.0247. The van der Waals surface area contributed by atoms with Crippen LogP contribution in [0.5, 0.6) is 0 Å². The Morgan fingerprint density at radius 2 is 1.97 bits per heavy atom. The molecule has 3 N–H and O–H groups in total. The van der Waals surface area contributed by atoms with Crippen LogP contribution < -0.4 is 5.32 Å². The zero-order valence-corrected chi connectivity index (χ0v) is 22.3. The third-order valence-electron chi connectivity index (χ3n) is 8.28. The summed E-state index contributed by atoms with van der Waals surface area (Å²) in [5, 5.41) is 24.2. The van der Waals surface area contributed by atoms with Gasteiger partial charge in [-0.3, -0.25) is 9.59 Å². The van der Waals surface area contributed by atoms with E-state index in [1.807, 2.05) is 49.4 Å². The number of carbonyl (C=O) groups is 2. The number of hydrogen-bond acceptors (Lipinski definition) is 7. The van der Waals surface area contributed by atoms with Gasteiger partial charge in [0.2, 0.25) is 6.41 Å². The van der Waals surface area contributed by atoms with E-state index in [0.717, 1.165) is 5.56 Å². The quantitative estimate of drug-likeness (QED) is 0.151. The molecule has 8 nitrogen and oxygen atoms in total. The second-order valence-electron chi connectivity index (χ2n) is 10.8. The van der Waals surface area contributed by atoms with Crippen molar-refractivity contribution in [1.29, 1.82) is 0 Å². The minimum atomic E-state index is -1.44. The highest BCUT2D eigenvalue weighted by Crippen LogP contribution is 2.57. The van der Waals surface area contributed by atoms with Gasteiger partial charge in [0.25, 0.3) is 6.47 Å². The maximum absolute atomic E-state index is 11.6. The normalized spacial score (nSPS) is 33.1. The molecule has 1 aliphatic heterocycles. The third kappa shape index (κ3) is 6.43. The third-order valence-corrected chi connectivity index (χ3v) is 8.28. The van der Waals surface area contributed by atoms with Crippen molar-refractivity contribution in [3.63, 3.8) is 0 Å². The number of aliphatic hydroxyl groups is 2. The van der Waals surface area contributed by atoms with E-state index in [1.165, 1.54) is 26.4 Å². The van der Waals surface area contributed by atoms with Crippen LogP contribution in [0.25, 0.3) is 0 Å². The van der Waals surface area contributed by atoms with Gasteiger partial charge in [-0.2, -0.15) is 0 Å². The summed E-state index contributed by atoms with van der Waals surface area (Å²) in [6.45, 7) is 8.02. The van der Waals surface area contributed by atoms with E-state index in [-0.39, 0.29) is 35.8 Å². The van der Waals surface area contributed by atoms with Gasteiger partial charge in [0.05, 0.1) is 31.2 Å². The number of allylic oxidation sites excluding steroid dienone is 1. The zero-order chi connectivity index (χ0) is 27.2. The number of nitrogens with one attached hydrogen (secondary N) is 1. The van der Waals surface area contributed by atoms with Gasteiger partial charge in [-0.1, -0.05) is 56.3 Å². The maximum atomic E-state index is 11.6. The Kier molecular flexibility index (Phi) is 9.56. The van der Waals surface area contributed by atoms with Crippen molar-refractivity contribution < 1.29 is 34.0 Å². The van der Waals surface area contributed by atoms with E-state index in [0.29, 0.717) is 25.7 Å². The van der Waals surface area contributed by atoms with Crippen LogP contribution >= 0.6 is 0 Å². The van der Waals surface area contributed by atoms with Gasteiger partial charge in [0, 0.05) is 17.9 Å². The molecular weight excluding hydrogens is 474 g/mol. The molecule has 1 saturated heterocycles. The number of methoxy groups -OCH3 is 1. The van der Waals surface area contributed by atoms with E-state index in [1.54, 1.807) is 0 Å². The molecule has 1 aromatic rings. The van der Waals surface area contributed by atoms with Crippen LogP contribution in [0.3, 0.4) is 0 Å². The Bertz CT molecular complexity index is 949. The summed E-state index contributed by atoms with van der Waals surface area (Å²) in [6.07, 6.45) is 6.87. The second-order valence-corrected chi connectivity index (χ2v) is 10.8. The minimum Gasteiger partial charge on any atom is -0.505 e. The van der Waals surface area contributed by atoms with E-state index < -0.39 is 23.4 Å². The molecule has 3 rings (SSSR count). The van der Waals surface area contributed by atoms with E-state index >= 15 is 0 Å². The van der Waals surface area contributed by atoms with Gasteiger partial charge in [0.1, 0.15) is 11.7 Å². The van der Waals surface area contributed by atoms with E-state index in [4.69, 9.17) is 14.2 Å². The standard InChI is InChI=1S/C29H41NO7/c1-19(26(33)28(3,34)14-15-35-5)10-9-13-22-25(36-18-32)24(20(2)29(4)27(22)37-29)23(30-17-31)16-21-11-7-6-8-12-21/h6-9,11-15,17-20,22-27,33-34H,10,16H2,1-5H3,(H,30,31)/t19-,20?,22+,23-,24-,25+,26?,27-,28+,29+/m0/s1. The van der Waals surface area contributed by atoms with E-state index in [2.05, 4.69) is 19.2 Å². The molecule has 1 heterocycles. The van der Waals surface area contributed by atoms with Gasteiger partial charge in [0.15, 0.2) is 0 Å². The van der Waals surface area contributed by atoms with Gasteiger partial charge < -0.3 is 29.7 Å². The summed E-state index contributed by atoms with van der Waals surface area (Å²) < 4.78 is 16.8. The van der Waals surface area contributed by atoms with Gasteiger partial charge >= 0.3 is 0 Å². The molecule has 2 fully saturated rings. The Labute approximate surface area is 219 Å². The van der Waals surface area contributed by atoms with Crippen LogP contribution in [-0.2, 0) is 30.2 Å². The smallest absolute Gasteiger partial charge is 0.293 e. The maximum Gasteiger partial charge on any atom is 0.293 e. The van der Waals surface area contributed by atoms with E-state index in [9.17, 15) is 19.8 Å². The molecule has 1 amide bonds. The summed E-state index contributed by atoms with van der Waals surface area (Å²) in [5.41, 5.74) is -0.768. The fourth-order valence-electron chi connectivity index (χ4n) is 5.92. The summed E-state index contributed by atoms with van der Waals surface area (Å²) in [4.78, 5) is 23.2. The number of fused-ring (bicyclic) bond motifs is 1. The Morgan fingerprint density at radius 1 is 1.27 bits per heavy atom. The molecular formula is C29H41NO7. The lowest BCUT2D eigenvalue weighted by Crippen LogP contribution is -2.56. The Hall–Kier alpha value is -2.68. The monoisotopic (exact) mass is 515 g/mol. The van der Waals surface area contributed by atoms with Gasteiger partial charge in [-0.25, -0.2) is 0 Å². The first kappa shape index (κ1) is 28.9. The lowest BCUT2D eigenvalue weighted by molar-refractivity contribution is -0.143. The fourth-order valence-corrected chi connectivity index (χ4v) is 5.92. The molecule has 0 aromatic heterocycles. The number of amides is 1. The molecule has 1 saturated carbocycles. The lowest BCUT2D eigenvalue weighted by atomic mass is 9.64. The van der Waals surface area contributed by atoms with Crippen molar-refractivity contribution in [2.24, 2.45) is 23.7 Å². The van der Waals surface area contributed by atoms with Crippen molar-refractivity contribution in [3.05, 3.63) is 60.4 Å². The van der Waals surface area contributed by atoms with Crippen LogP contribution in [0.4, 0.5) is 0 Å². The average molecular weight is 516 g/mol. The van der Waals surface area contributed by atoms with Gasteiger partial charge in [-0.15, -0.1) is 0 Å². The molecule has 37 heavy (non-hydrogen) atoms. The topological polar surface area (TPSA) is 118 Å². The van der Waals surface area contributed by atoms with Crippen LogP contribution in [0.15, 0.2) is 54.8 Å². The lowest BCUT2D eigenvalue weighted by Gasteiger charge is -2.44. The van der Waals surface area contributed by atoms with Crippen LogP contribution in [0.2, 0.25) is 0 Å². The predicted octanol–water partition coefficient (Wildman–Crippen LogP) is 2.78. The summed E-state index contributed by atoms with van der Waals surface area (Å²) in [6, 6.07) is 9.64. The molecule has 2 aliphatic rings. The highest BCUT2D eigenvalue weighted by molar-refractivity contribution is 5.47. The summed E-state index contributed by atoms with van der Waals surface area (Å²) in [5.74, 6) is -0.638. The van der Waals surface area contributed by atoms with Crippen LogP contribution in [-0.4, -0.2) is 65.8 Å². The predicted molar refractivity (Wildman–Crippen MR) is 139 cm³/mol. The van der Waals surface area contributed by atoms with Crippen molar-refractivity contribution >= 4 is 12.9 Å². The molecule has 10 atom stereocenters. The van der Waals surface area contributed by atoms with Crippen molar-refractivity contribution in [1.82, 2.24) is 5.32 Å². The zero-order valence-electron chi connectivity index (χ0n) is 22.3. The van der Waals surface area contributed by atoms with Crippen LogP contribution in [0.1, 0.15) is 39.7 Å². The largest absolute Gasteiger partial charge is 0.505 e. The Morgan fingerprint density at radius 3 is 2.59 bits per heavy atom. The Balaban J connectivity index is 1.82. The molecule has 2 unspecified atom stereocenters. The molecule has 204 valence electrons. The first-order valence-corrected chi connectivity index (χ1v) is 12.9. The van der Waals surface area contributed by atoms with Crippen LogP contribution in [0, 0.1) is 23.7 Å². The van der Waals surface area contributed by atoms with Crippen molar-refractivity contribution in [2.45, 2.75) is 76.1 Å². The molecule has 8 heteroatoms. The number of benzene rings is 1. The summed E-state index contributed by atoms with van der Waals surface area (Å²) in [7, 11) is 1.48. The number of hydrogen-bond donors (Lipinski definition) is 3. The summed E-state index contributed by atoms with van der Waals surface area (Å²) >= 11 is 0. The van der Waals surface area contributed by atoms with Crippen molar-refractivity contribution in [3.8, 4) is 0 Å². The molecule has 0 bridgehead atoms. The SMILES string of the molecule is COC=C[C@@](C)(O)C(O)[C@@H](C)CC=C[C@@H]1[C@@H](OC=O)[C@H]([C@H](Cc2ccccc2)NC=O)C(C)[C@@]2(C)O[C@@H]12. The number of carbonyl (C=O) groups excluding carboxylic acids is 2. The molecule has 0 spiro atoms. The van der Waals surface area contributed by atoms with Gasteiger partial charge in [-0.05, 0) is 50.2 Å². The van der Waals surface area contributed by atoms with Crippen molar-refractivity contribution in [2.75, 3.05) is 7.11 Å². The number of ether oxygens (including phenoxy) is 3. The number of aliphatic hydroxyl groups excluding tert-OH is 1. The highest BCUT2D eigenvalue weighted by atomic mass is 16.6. The number of epoxide rings is 1. The highest BCUT2D eigenvalue weighted by Gasteiger charge is 2.68. The average Bonchev–Trinajstić information content (AvgIpc) is 3.58. The first-order chi connectivity index (χ1) is 17.6. The second kappa shape index (κ2) is 12.2. The molecule has 1 aliphatic carbocycles. The fraction of sp³-hybridized carbons (Fsp3) is 0.586. The molecule has 1 aromatic carbocycles. The first-order valence-electron chi connectivity index (χ1n) is 12.9. The molecule has 0 radical (unpaired) electrons.